The van der Waals surface area contributed by atoms with Crippen molar-refractivity contribution in [2.24, 2.45) is 4.99 Å². The van der Waals surface area contributed by atoms with Crippen LogP contribution in [0.3, 0.4) is 0 Å². The van der Waals surface area contributed by atoms with E-state index in [1.165, 1.54) is 32.6 Å². The van der Waals surface area contributed by atoms with Crippen LogP contribution in [0, 0.1) is 6.92 Å². The van der Waals surface area contributed by atoms with Gasteiger partial charge in [-0.2, -0.15) is 0 Å². The Hall–Kier alpha value is -1.06. The fourth-order valence-corrected chi connectivity index (χ4v) is 3.34. The molecule has 0 aliphatic carbocycles. The van der Waals surface area contributed by atoms with Crippen molar-refractivity contribution in [2.75, 3.05) is 59.4 Å². The summed E-state index contributed by atoms with van der Waals surface area (Å²) in [6, 6.07) is 8.12. The number of hydrogen-bond acceptors (Lipinski definition) is 4. The normalized spacial score (nSPS) is 17.2. The van der Waals surface area contributed by atoms with Crippen LogP contribution in [0.4, 0.5) is 0 Å². The van der Waals surface area contributed by atoms with Crippen LogP contribution in [-0.4, -0.2) is 81.3 Å². The number of guanidine groups is 1. The molecule has 29 heavy (non-hydrogen) atoms. The van der Waals surface area contributed by atoms with Crippen molar-refractivity contribution >= 4 is 29.9 Å². The molecule has 166 valence electrons. The molecule has 1 heterocycles. The molecule has 1 unspecified atom stereocenters. The fraction of sp³-hybridized carbons (Fsp3) is 0.682. The van der Waals surface area contributed by atoms with E-state index < -0.39 is 0 Å². The highest BCUT2D eigenvalue weighted by molar-refractivity contribution is 14.0. The van der Waals surface area contributed by atoms with Gasteiger partial charge in [-0.3, -0.25) is 0 Å². The van der Waals surface area contributed by atoms with E-state index in [-0.39, 0.29) is 30.1 Å². The minimum Gasteiger partial charge on any atom is -0.489 e. The van der Waals surface area contributed by atoms with Gasteiger partial charge in [-0.1, -0.05) is 18.2 Å². The quantitative estimate of drug-likeness (QED) is 0.228. The van der Waals surface area contributed by atoms with Crippen LogP contribution in [0.15, 0.2) is 29.3 Å². The van der Waals surface area contributed by atoms with Gasteiger partial charge in [0.1, 0.15) is 11.9 Å². The van der Waals surface area contributed by atoms with E-state index in [0.717, 1.165) is 43.3 Å². The average molecular weight is 518 g/mol. The second-order valence-corrected chi connectivity index (χ2v) is 7.69. The van der Waals surface area contributed by atoms with E-state index in [1.807, 2.05) is 18.2 Å². The maximum absolute atomic E-state index is 6.03. The predicted molar refractivity (Wildman–Crippen MR) is 134 cm³/mol. The molecule has 6 nitrogen and oxygen atoms in total. The number of para-hydroxylation sites is 1. The van der Waals surface area contributed by atoms with Crippen molar-refractivity contribution < 1.29 is 4.74 Å². The standard InChI is InChI=1S/C22H39N5O.HI/c1-5-23-22(24-12-8-14-27-15-9-13-26(4)16-17-27)25-18-20(3)28-21-11-7-6-10-19(21)2;/h6-7,10-11,20H,5,8-9,12-18H2,1-4H3,(H2,23,24,25);1H. The van der Waals surface area contributed by atoms with Gasteiger partial charge in [0.25, 0.3) is 0 Å². The van der Waals surface area contributed by atoms with E-state index in [2.05, 4.69) is 54.3 Å². The molecule has 1 aromatic carbocycles. The van der Waals surface area contributed by atoms with Crippen molar-refractivity contribution in [2.45, 2.75) is 39.7 Å². The molecular formula is C22H40IN5O. The molecule has 7 heteroatoms. The van der Waals surface area contributed by atoms with E-state index in [9.17, 15) is 0 Å². The molecule has 1 atom stereocenters. The first kappa shape index (κ1) is 26.0. The monoisotopic (exact) mass is 517 g/mol. The summed E-state index contributed by atoms with van der Waals surface area (Å²) < 4.78 is 6.03. The second-order valence-electron chi connectivity index (χ2n) is 7.69. The number of halogens is 1. The smallest absolute Gasteiger partial charge is 0.191 e. The number of hydrogen-bond donors (Lipinski definition) is 2. The number of nitrogens with one attached hydrogen (secondary N) is 2. The lowest BCUT2D eigenvalue weighted by Crippen LogP contribution is -2.39. The largest absolute Gasteiger partial charge is 0.489 e. The Bertz CT molecular complexity index is 598. The lowest BCUT2D eigenvalue weighted by atomic mass is 10.2. The molecule has 2 rings (SSSR count). The summed E-state index contributed by atoms with van der Waals surface area (Å²) in [5.74, 6) is 1.81. The number of benzene rings is 1. The summed E-state index contributed by atoms with van der Waals surface area (Å²) in [6.45, 7) is 14.6. The van der Waals surface area contributed by atoms with E-state index in [4.69, 9.17) is 9.73 Å². The SMILES string of the molecule is CCNC(=NCC(C)Oc1ccccc1C)NCCCN1CCCN(C)CC1.I. The van der Waals surface area contributed by atoms with Gasteiger partial charge in [0.2, 0.25) is 0 Å². The van der Waals surface area contributed by atoms with Crippen molar-refractivity contribution in [3.63, 3.8) is 0 Å². The van der Waals surface area contributed by atoms with E-state index in [0.29, 0.717) is 6.54 Å². The van der Waals surface area contributed by atoms with Crippen molar-refractivity contribution in [3.8, 4) is 5.75 Å². The van der Waals surface area contributed by atoms with Gasteiger partial charge in [-0.05, 0) is 71.9 Å². The summed E-state index contributed by atoms with van der Waals surface area (Å²) in [4.78, 5) is 9.70. The number of likely N-dealkylation sites (N-methyl/N-ethyl adjacent to an activating group) is 1. The average Bonchev–Trinajstić information content (AvgIpc) is 2.89. The Morgan fingerprint density at radius 3 is 2.72 bits per heavy atom. The van der Waals surface area contributed by atoms with Crippen molar-refractivity contribution in [1.29, 1.82) is 0 Å². The third-order valence-corrected chi connectivity index (χ3v) is 5.03. The fourth-order valence-electron chi connectivity index (χ4n) is 3.34. The zero-order valence-electron chi connectivity index (χ0n) is 18.6. The molecule has 2 N–H and O–H groups in total. The Morgan fingerprint density at radius 1 is 1.17 bits per heavy atom. The van der Waals surface area contributed by atoms with Gasteiger partial charge in [-0.25, -0.2) is 4.99 Å². The third kappa shape index (κ3) is 10.5. The molecule has 0 spiro atoms. The first-order valence-corrected chi connectivity index (χ1v) is 10.7. The number of aryl methyl sites for hydroxylation is 1. The van der Waals surface area contributed by atoms with E-state index >= 15 is 0 Å². The Balaban J connectivity index is 0.00000420. The molecule has 1 saturated heterocycles. The highest BCUT2D eigenvalue weighted by atomic mass is 127. The summed E-state index contributed by atoms with van der Waals surface area (Å²) in [5, 5.41) is 6.79. The summed E-state index contributed by atoms with van der Waals surface area (Å²) >= 11 is 0. The number of nitrogens with zero attached hydrogens (tertiary/aromatic N) is 3. The zero-order valence-corrected chi connectivity index (χ0v) is 20.9. The first-order chi connectivity index (χ1) is 13.6. The zero-order chi connectivity index (χ0) is 20.2. The molecule has 0 radical (unpaired) electrons. The lowest BCUT2D eigenvalue weighted by Gasteiger charge is -2.20. The molecular weight excluding hydrogens is 477 g/mol. The Morgan fingerprint density at radius 2 is 1.97 bits per heavy atom. The Kier molecular flexibility index (Phi) is 13.3. The molecule has 1 aliphatic heterocycles. The molecule has 0 saturated carbocycles. The number of ether oxygens (including phenoxy) is 1. The summed E-state index contributed by atoms with van der Waals surface area (Å²) in [5.41, 5.74) is 1.16. The predicted octanol–water partition coefficient (Wildman–Crippen LogP) is 2.96. The maximum atomic E-state index is 6.03. The van der Waals surface area contributed by atoms with Gasteiger partial charge in [0.05, 0.1) is 6.54 Å². The number of aliphatic imine (C=N–C) groups is 1. The second kappa shape index (κ2) is 14.8. The number of rotatable bonds is 9. The van der Waals surface area contributed by atoms with E-state index in [1.54, 1.807) is 0 Å². The van der Waals surface area contributed by atoms with Crippen LogP contribution >= 0.6 is 24.0 Å². The molecule has 0 aromatic heterocycles. The van der Waals surface area contributed by atoms with Crippen molar-refractivity contribution in [3.05, 3.63) is 29.8 Å². The van der Waals surface area contributed by atoms with Crippen LogP contribution in [0.5, 0.6) is 5.75 Å². The lowest BCUT2D eigenvalue weighted by molar-refractivity contribution is 0.228. The van der Waals surface area contributed by atoms with Gasteiger partial charge in [-0.15, -0.1) is 24.0 Å². The minimum atomic E-state index is 0. The molecule has 0 amide bonds. The van der Waals surface area contributed by atoms with Gasteiger partial charge >= 0.3 is 0 Å². The highest BCUT2D eigenvalue weighted by Gasteiger charge is 2.11. The molecule has 1 aliphatic rings. The summed E-state index contributed by atoms with van der Waals surface area (Å²) in [6.07, 6.45) is 2.43. The molecule has 1 aromatic rings. The maximum Gasteiger partial charge on any atom is 0.191 e. The summed E-state index contributed by atoms with van der Waals surface area (Å²) in [7, 11) is 2.22. The first-order valence-electron chi connectivity index (χ1n) is 10.7. The van der Waals surface area contributed by atoms with Crippen LogP contribution in [0.25, 0.3) is 0 Å². The van der Waals surface area contributed by atoms with Crippen LogP contribution in [0.1, 0.15) is 32.3 Å². The van der Waals surface area contributed by atoms with Gasteiger partial charge in [0, 0.05) is 26.2 Å². The van der Waals surface area contributed by atoms with Crippen LogP contribution in [-0.2, 0) is 0 Å². The van der Waals surface area contributed by atoms with Gasteiger partial charge < -0.3 is 25.2 Å². The molecule has 1 fully saturated rings. The Labute approximate surface area is 194 Å². The molecule has 0 bridgehead atoms. The van der Waals surface area contributed by atoms with Gasteiger partial charge in [0.15, 0.2) is 5.96 Å². The highest BCUT2D eigenvalue weighted by Crippen LogP contribution is 2.17. The topological polar surface area (TPSA) is 52.1 Å². The minimum absolute atomic E-state index is 0. The third-order valence-electron chi connectivity index (χ3n) is 5.03. The van der Waals surface area contributed by atoms with Crippen LogP contribution in [0.2, 0.25) is 0 Å². The van der Waals surface area contributed by atoms with Crippen molar-refractivity contribution in [1.82, 2.24) is 20.4 Å². The van der Waals surface area contributed by atoms with Crippen LogP contribution < -0.4 is 15.4 Å².